The molecule has 1 fully saturated rings. The van der Waals surface area contributed by atoms with Gasteiger partial charge in [-0.1, -0.05) is 12.1 Å². The molecule has 21 heavy (non-hydrogen) atoms. The van der Waals surface area contributed by atoms with E-state index in [0.717, 1.165) is 0 Å². The van der Waals surface area contributed by atoms with Crippen LogP contribution in [0.4, 0.5) is 5.69 Å². The van der Waals surface area contributed by atoms with Crippen LogP contribution in [-0.4, -0.2) is 28.6 Å². The van der Waals surface area contributed by atoms with Gasteiger partial charge in [-0.3, -0.25) is 9.59 Å². The van der Waals surface area contributed by atoms with Crippen LogP contribution >= 0.6 is 0 Å². The van der Waals surface area contributed by atoms with Gasteiger partial charge in [0.15, 0.2) is 0 Å². The number of rotatable bonds is 3. The molecule has 1 aromatic carbocycles. The van der Waals surface area contributed by atoms with Crippen molar-refractivity contribution < 1.29 is 14.0 Å². The molecular formula is C14H14N4O3. The summed E-state index contributed by atoms with van der Waals surface area (Å²) in [6, 6.07) is 7.18. The predicted octanol–water partition coefficient (Wildman–Crippen LogP) is 1.12. The zero-order valence-corrected chi connectivity index (χ0v) is 11.4. The van der Waals surface area contributed by atoms with E-state index in [1.165, 1.54) is 0 Å². The van der Waals surface area contributed by atoms with Gasteiger partial charge in [0.1, 0.15) is 0 Å². The summed E-state index contributed by atoms with van der Waals surface area (Å²) in [5.41, 5.74) is 1.24. The number of benzene rings is 1. The van der Waals surface area contributed by atoms with E-state index in [2.05, 4.69) is 20.8 Å². The third-order valence-corrected chi connectivity index (χ3v) is 3.29. The van der Waals surface area contributed by atoms with E-state index in [-0.39, 0.29) is 24.2 Å². The van der Waals surface area contributed by atoms with E-state index in [0.29, 0.717) is 29.6 Å². The molecular weight excluding hydrogens is 272 g/mol. The van der Waals surface area contributed by atoms with Gasteiger partial charge in [0.25, 0.3) is 0 Å². The minimum absolute atomic E-state index is 0.101. The van der Waals surface area contributed by atoms with Crippen LogP contribution in [0.1, 0.15) is 12.3 Å². The number of hydrogen-bond acceptors (Lipinski definition) is 5. The maximum Gasteiger partial charge on any atom is 0.249 e. The molecule has 1 aromatic heterocycles. The quantitative estimate of drug-likeness (QED) is 0.881. The largest absolute Gasteiger partial charge is 0.421 e. The van der Waals surface area contributed by atoms with Crippen molar-refractivity contribution in [2.24, 2.45) is 5.92 Å². The van der Waals surface area contributed by atoms with Gasteiger partial charge >= 0.3 is 0 Å². The van der Waals surface area contributed by atoms with Crippen LogP contribution in [0.2, 0.25) is 0 Å². The lowest BCUT2D eigenvalue weighted by molar-refractivity contribution is -0.123. The van der Waals surface area contributed by atoms with Crippen molar-refractivity contribution in [1.82, 2.24) is 15.5 Å². The number of nitrogens with one attached hydrogen (secondary N) is 2. The molecule has 1 aliphatic rings. The fourth-order valence-electron chi connectivity index (χ4n) is 2.21. The van der Waals surface area contributed by atoms with Crippen LogP contribution < -0.4 is 10.6 Å². The van der Waals surface area contributed by atoms with Crippen LogP contribution in [0.3, 0.4) is 0 Å². The SMILES string of the molecule is Cc1nnc(-c2ccccc2NC(=O)C2CNC(=O)C2)o1. The molecule has 0 radical (unpaired) electrons. The molecule has 0 saturated carbocycles. The maximum absolute atomic E-state index is 12.2. The fraction of sp³-hybridized carbons (Fsp3) is 0.286. The molecule has 7 nitrogen and oxygen atoms in total. The second kappa shape index (κ2) is 5.35. The molecule has 2 aromatic rings. The Hall–Kier alpha value is -2.70. The highest BCUT2D eigenvalue weighted by Gasteiger charge is 2.28. The number of anilines is 1. The van der Waals surface area contributed by atoms with Crippen LogP contribution in [0.5, 0.6) is 0 Å². The monoisotopic (exact) mass is 286 g/mol. The van der Waals surface area contributed by atoms with Crippen LogP contribution in [0, 0.1) is 12.8 Å². The minimum Gasteiger partial charge on any atom is -0.421 e. The third-order valence-electron chi connectivity index (χ3n) is 3.29. The van der Waals surface area contributed by atoms with E-state index in [1.54, 1.807) is 25.1 Å². The molecule has 0 spiro atoms. The smallest absolute Gasteiger partial charge is 0.249 e. The molecule has 1 atom stereocenters. The number of hydrogen-bond donors (Lipinski definition) is 2. The first kappa shape index (κ1) is 13.3. The van der Waals surface area contributed by atoms with Gasteiger partial charge < -0.3 is 15.1 Å². The Morgan fingerprint density at radius 3 is 2.86 bits per heavy atom. The van der Waals surface area contributed by atoms with Gasteiger partial charge in [-0.2, -0.15) is 0 Å². The zero-order chi connectivity index (χ0) is 14.8. The lowest BCUT2D eigenvalue weighted by Gasteiger charge is -2.11. The fourth-order valence-corrected chi connectivity index (χ4v) is 2.21. The Kier molecular flexibility index (Phi) is 3.39. The highest BCUT2D eigenvalue weighted by molar-refractivity contribution is 5.99. The predicted molar refractivity (Wildman–Crippen MR) is 74.2 cm³/mol. The number of amides is 2. The minimum atomic E-state index is -0.352. The molecule has 2 N–H and O–H groups in total. The number of para-hydroxylation sites is 1. The highest BCUT2D eigenvalue weighted by Crippen LogP contribution is 2.27. The second-order valence-electron chi connectivity index (χ2n) is 4.87. The molecule has 0 aliphatic carbocycles. The van der Waals surface area contributed by atoms with Gasteiger partial charge in [0, 0.05) is 19.9 Å². The molecule has 2 amide bonds. The van der Waals surface area contributed by atoms with E-state index >= 15 is 0 Å². The standard InChI is InChI=1S/C14H14N4O3/c1-8-17-18-14(21-8)10-4-2-3-5-11(10)16-13(20)9-6-12(19)15-7-9/h2-5,9H,6-7H2,1H3,(H,15,19)(H,16,20). The zero-order valence-electron chi connectivity index (χ0n) is 11.4. The van der Waals surface area contributed by atoms with Gasteiger partial charge in [-0.05, 0) is 12.1 Å². The number of carbonyl (C=O) groups excluding carboxylic acids is 2. The summed E-state index contributed by atoms with van der Waals surface area (Å²) in [5.74, 6) is 0.156. The molecule has 1 unspecified atom stereocenters. The summed E-state index contributed by atoms with van der Waals surface area (Å²) in [7, 11) is 0. The topological polar surface area (TPSA) is 97.1 Å². The van der Waals surface area contributed by atoms with Crippen molar-refractivity contribution in [1.29, 1.82) is 0 Å². The first-order valence-electron chi connectivity index (χ1n) is 6.60. The van der Waals surface area contributed by atoms with Crippen molar-refractivity contribution in [3.8, 4) is 11.5 Å². The summed E-state index contributed by atoms with van der Waals surface area (Å²) in [6.45, 7) is 2.07. The first-order valence-corrected chi connectivity index (χ1v) is 6.60. The van der Waals surface area contributed by atoms with Crippen LogP contribution in [0.15, 0.2) is 28.7 Å². The summed E-state index contributed by atoms with van der Waals surface area (Å²) < 4.78 is 5.39. The summed E-state index contributed by atoms with van der Waals surface area (Å²) in [4.78, 5) is 23.4. The Morgan fingerprint density at radius 2 is 2.19 bits per heavy atom. The Bertz CT molecular complexity index is 695. The summed E-state index contributed by atoms with van der Waals surface area (Å²) >= 11 is 0. The number of carbonyl (C=O) groups is 2. The highest BCUT2D eigenvalue weighted by atomic mass is 16.4. The van der Waals surface area contributed by atoms with E-state index in [4.69, 9.17) is 4.42 Å². The van der Waals surface area contributed by atoms with Crippen molar-refractivity contribution in [2.75, 3.05) is 11.9 Å². The normalized spacial score (nSPS) is 17.6. The first-order chi connectivity index (χ1) is 10.1. The second-order valence-corrected chi connectivity index (χ2v) is 4.87. The van der Waals surface area contributed by atoms with E-state index in [1.807, 2.05) is 6.07 Å². The van der Waals surface area contributed by atoms with Crippen molar-refractivity contribution in [2.45, 2.75) is 13.3 Å². The summed E-state index contributed by atoms with van der Waals surface area (Å²) in [5, 5.41) is 13.2. The summed E-state index contributed by atoms with van der Waals surface area (Å²) in [6.07, 6.45) is 0.216. The molecule has 2 heterocycles. The van der Waals surface area contributed by atoms with Crippen molar-refractivity contribution in [3.05, 3.63) is 30.2 Å². The molecule has 108 valence electrons. The molecule has 1 aliphatic heterocycles. The number of aromatic nitrogens is 2. The van der Waals surface area contributed by atoms with E-state index in [9.17, 15) is 9.59 Å². The number of aryl methyl sites for hydroxylation is 1. The molecule has 1 saturated heterocycles. The molecule has 0 bridgehead atoms. The van der Waals surface area contributed by atoms with Crippen LogP contribution in [-0.2, 0) is 9.59 Å². The Balaban J connectivity index is 1.82. The van der Waals surface area contributed by atoms with Gasteiger partial charge in [0.05, 0.1) is 17.2 Å². The Labute approximate surface area is 120 Å². The van der Waals surface area contributed by atoms with Gasteiger partial charge in [-0.25, -0.2) is 0 Å². The number of nitrogens with zero attached hydrogens (tertiary/aromatic N) is 2. The van der Waals surface area contributed by atoms with Crippen molar-refractivity contribution >= 4 is 17.5 Å². The Morgan fingerprint density at radius 1 is 1.38 bits per heavy atom. The van der Waals surface area contributed by atoms with Crippen LogP contribution in [0.25, 0.3) is 11.5 Å². The van der Waals surface area contributed by atoms with Gasteiger partial charge in [0.2, 0.25) is 23.6 Å². The third kappa shape index (κ3) is 2.76. The maximum atomic E-state index is 12.2. The molecule has 3 rings (SSSR count). The van der Waals surface area contributed by atoms with Crippen molar-refractivity contribution in [3.63, 3.8) is 0 Å². The average Bonchev–Trinajstić information content (AvgIpc) is 3.08. The lowest BCUT2D eigenvalue weighted by atomic mass is 10.1. The lowest BCUT2D eigenvalue weighted by Crippen LogP contribution is -2.24. The van der Waals surface area contributed by atoms with E-state index < -0.39 is 0 Å². The molecule has 7 heteroatoms. The average molecular weight is 286 g/mol. The van der Waals surface area contributed by atoms with Gasteiger partial charge in [-0.15, -0.1) is 10.2 Å².